The maximum Gasteiger partial charge on any atom is 0.150 e. The van der Waals surface area contributed by atoms with Gasteiger partial charge in [-0.2, -0.15) is 0 Å². The number of halogens is 2. The number of fused-ring (bicyclic) bond motifs is 2. The van der Waals surface area contributed by atoms with Crippen LogP contribution in [0, 0.1) is 11.6 Å². The summed E-state index contributed by atoms with van der Waals surface area (Å²) in [5, 5.41) is 2.92. The number of thiocarbonyl (C=S) groups is 1. The van der Waals surface area contributed by atoms with E-state index in [2.05, 4.69) is 5.32 Å². The van der Waals surface area contributed by atoms with Crippen LogP contribution in [0.2, 0.25) is 0 Å². The molecule has 2 heterocycles. The molecule has 102 valence electrons. The number of ether oxygens (including phenoxy) is 1. The molecule has 2 fully saturated rings. The summed E-state index contributed by atoms with van der Waals surface area (Å²) < 4.78 is 33.5. The van der Waals surface area contributed by atoms with E-state index in [-0.39, 0.29) is 34.5 Å². The molecule has 6 heteroatoms. The quantitative estimate of drug-likeness (QED) is 0.836. The third kappa shape index (κ3) is 2.30. The van der Waals surface area contributed by atoms with Crippen molar-refractivity contribution in [3.05, 3.63) is 29.3 Å². The van der Waals surface area contributed by atoms with Crippen molar-refractivity contribution in [2.24, 2.45) is 5.73 Å². The summed E-state index contributed by atoms with van der Waals surface area (Å²) >= 11 is 4.72. The molecular weight excluding hydrogens is 270 g/mol. The molecule has 2 aliphatic rings. The Hall–Kier alpha value is -1.27. The van der Waals surface area contributed by atoms with Gasteiger partial charge in [0.2, 0.25) is 0 Å². The summed E-state index contributed by atoms with van der Waals surface area (Å²) in [6.45, 7) is 0. The van der Waals surface area contributed by atoms with Crippen LogP contribution in [0.3, 0.4) is 0 Å². The van der Waals surface area contributed by atoms with E-state index in [1.807, 2.05) is 0 Å². The molecule has 2 bridgehead atoms. The van der Waals surface area contributed by atoms with Gasteiger partial charge in [-0.15, -0.1) is 0 Å². The fourth-order valence-corrected chi connectivity index (χ4v) is 2.95. The average Bonchev–Trinajstić information content (AvgIpc) is 2.95. The first-order valence-electron chi connectivity index (χ1n) is 6.25. The number of benzene rings is 1. The Bertz CT molecular complexity index is 514. The fraction of sp³-hybridized carbons (Fsp3) is 0.462. The van der Waals surface area contributed by atoms with Gasteiger partial charge in [0.25, 0.3) is 0 Å². The Morgan fingerprint density at radius 2 is 2.00 bits per heavy atom. The molecule has 0 spiro atoms. The molecule has 2 saturated heterocycles. The summed E-state index contributed by atoms with van der Waals surface area (Å²) in [6, 6.07) is 2.28. The van der Waals surface area contributed by atoms with Gasteiger partial charge in [-0.3, -0.25) is 0 Å². The van der Waals surface area contributed by atoms with Crippen molar-refractivity contribution in [1.29, 1.82) is 0 Å². The monoisotopic (exact) mass is 284 g/mol. The highest BCUT2D eigenvalue weighted by Gasteiger charge is 2.41. The molecule has 3 atom stereocenters. The van der Waals surface area contributed by atoms with Crippen LogP contribution in [0.15, 0.2) is 12.1 Å². The van der Waals surface area contributed by atoms with Crippen LogP contribution in [0.1, 0.15) is 24.8 Å². The first-order valence-corrected chi connectivity index (χ1v) is 6.66. The Morgan fingerprint density at radius 3 is 2.47 bits per heavy atom. The van der Waals surface area contributed by atoms with Crippen LogP contribution >= 0.6 is 12.2 Å². The lowest BCUT2D eigenvalue weighted by molar-refractivity contribution is 0.102. The summed E-state index contributed by atoms with van der Waals surface area (Å²) in [6.07, 6.45) is 3.05. The van der Waals surface area contributed by atoms with Crippen LogP contribution in [0.25, 0.3) is 0 Å². The first kappa shape index (κ1) is 12.7. The molecule has 19 heavy (non-hydrogen) atoms. The number of hydrogen-bond donors (Lipinski definition) is 2. The third-order valence-corrected chi connectivity index (χ3v) is 4.00. The predicted octanol–water partition coefficient (Wildman–Crippen LogP) is 2.33. The van der Waals surface area contributed by atoms with Crippen molar-refractivity contribution in [3.8, 4) is 0 Å². The van der Waals surface area contributed by atoms with Crippen LogP contribution in [0.5, 0.6) is 0 Å². The van der Waals surface area contributed by atoms with Gasteiger partial charge in [0.05, 0.1) is 18.2 Å². The molecule has 1 aromatic rings. The van der Waals surface area contributed by atoms with E-state index in [1.54, 1.807) is 0 Å². The first-order chi connectivity index (χ1) is 9.04. The normalized spacial score (nSPS) is 28.6. The minimum absolute atomic E-state index is 0.0207. The van der Waals surface area contributed by atoms with Crippen molar-refractivity contribution in [2.75, 3.05) is 5.32 Å². The molecule has 2 aliphatic heterocycles. The maximum atomic E-state index is 13.9. The molecule has 0 aliphatic carbocycles. The standard InChI is InChI=1S/C13H14F2N2OS/c14-8-3-6(13(16)19)4-9(15)12(8)17-10-5-7-1-2-11(10)18-7/h3-4,7,10-11,17H,1-2,5H2,(H2,16,19). The van der Waals surface area contributed by atoms with Gasteiger partial charge < -0.3 is 15.8 Å². The maximum absolute atomic E-state index is 13.9. The zero-order valence-electron chi connectivity index (χ0n) is 10.2. The summed E-state index contributed by atoms with van der Waals surface area (Å²) in [5.74, 6) is -1.35. The highest BCUT2D eigenvalue weighted by atomic mass is 32.1. The van der Waals surface area contributed by atoms with Gasteiger partial charge in [-0.25, -0.2) is 8.78 Å². The van der Waals surface area contributed by atoms with Crippen molar-refractivity contribution < 1.29 is 13.5 Å². The van der Waals surface area contributed by atoms with E-state index in [0.29, 0.717) is 0 Å². The topological polar surface area (TPSA) is 47.3 Å². The van der Waals surface area contributed by atoms with E-state index in [1.165, 1.54) is 0 Å². The number of rotatable bonds is 3. The second-order valence-corrected chi connectivity index (χ2v) is 5.48. The minimum Gasteiger partial charge on any atom is -0.389 e. The van der Waals surface area contributed by atoms with Gasteiger partial charge in [-0.05, 0) is 31.4 Å². The van der Waals surface area contributed by atoms with E-state index in [9.17, 15) is 8.78 Å². The molecule has 3 unspecified atom stereocenters. The van der Waals surface area contributed by atoms with Crippen molar-refractivity contribution in [1.82, 2.24) is 0 Å². The molecule has 3 nitrogen and oxygen atoms in total. The highest BCUT2D eigenvalue weighted by Crippen LogP contribution is 2.36. The number of nitrogens with one attached hydrogen (secondary N) is 1. The summed E-state index contributed by atoms with van der Waals surface area (Å²) in [4.78, 5) is -0.0207. The molecule has 3 rings (SSSR count). The summed E-state index contributed by atoms with van der Waals surface area (Å²) in [5.41, 5.74) is 5.44. The second-order valence-electron chi connectivity index (χ2n) is 5.04. The largest absolute Gasteiger partial charge is 0.389 e. The lowest BCUT2D eigenvalue weighted by Crippen LogP contribution is -2.31. The molecule has 0 amide bonds. The van der Waals surface area contributed by atoms with E-state index in [4.69, 9.17) is 22.7 Å². The smallest absolute Gasteiger partial charge is 0.150 e. The molecule has 0 radical (unpaired) electrons. The van der Waals surface area contributed by atoms with Gasteiger partial charge in [0, 0.05) is 5.56 Å². The Kier molecular flexibility index (Phi) is 3.14. The minimum atomic E-state index is -0.675. The van der Waals surface area contributed by atoms with Crippen LogP contribution in [-0.2, 0) is 4.74 Å². The number of nitrogens with two attached hydrogens (primary N) is 1. The van der Waals surface area contributed by atoms with Gasteiger partial charge >= 0.3 is 0 Å². The van der Waals surface area contributed by atoms with Crippen molar-refractivity contribution in [3.63, 3.8) is 0 Å². The third-order valence-electron chi connectivity index (χ3n) is 3.76. The Balaban J connectivity index is 1.83. The molecule has 3 N–H and O–H groups in total. The van der Waals surface area contributed by atoms with E-state index in [0.717, 1.165) is 31.4 Å². The van der Waals surface area contributed by atoms with E-state index >= 15 is 0 Å². The van der Waals surface area contributed by atoms with Gasteiger partial charge in [-0.1, -0.05) is 12.2 Å². The molecule has 1 aromatic carbocycles. The number of anilines is 1. The van der Waals surface area contributed by atoms with Crippen LogP contribution in [0.4, 0.5) is 14.5 Å². The SMILES string of the molecule is NC(=S)c1cc(F)c(NC2CC3CCC2O3)c(F)c1. The Labute approximate surface area is 115 Å². The molecule has 0 saturated carbocycles. The average molecular weight is 284 g/mol. The lowest BCUT2D eigenvalue weighted by atomic mass is 9.95. The van der Waals surface area contributed by atoms with E-state index < -0.39 is 11.6 Å². The van der Waals surface area contributed by atoms with Gasteiger partial charge in [0.1, 0.15) is 22.3 Å². The second kappa shape index (κ2) is 4.68. The Morgan fingerprint density at radius 1 is 1.32 bits per heavy atom. The number of hydrogen-bond acceptors (Lipinski definition) is 3. The fourth-order valence-electron chi connectivity index (χ4n) is 2.83. The summed E-state index contributed by atoms with van der Waals surface area (Å²) in [7, 11) is 0. The van der Waals surface area contributed by atoms with Crippen molar-refractivity contribution in [2.45, 2.75) is 37.5 Å². The zero-order chi connectivity index (χ0) is 13.6. The molecular formula is C13H14F2N2OS. The molecule has 0 aromatic heterocycles. The highest BCUT2D eigenvalue weighted by molar-refractivity contribution is 7.80. The predicted molar refractivity (Wildman–Crippen MR) is 72.2 cm³/mol. The van der Waals surface area contributed by atoms with Crippen LogP contribution < -0.4 is 11.1 Å². The zero-order valence-corrected chi connectivity index (χ0v) is 11.0. The van der Waals surface area contributed by atoms with Crippen molar-refractivity contribution >= 4 is 22.9 Å². The van der Waals surface area contributed by atoms with Crippen LogP contribution in [-0.4, -0.2) is 23.2 Å². The lowest BCUT2D eigenvalue weighted by Gasteiger charge is -2.22. The van der Waals surface area contributed by atoms with Gasteiger partial charge in [0.15, 0.2) is 0 Å².